The van der Waals surface area contributed by atoms with Gasteiger partial charge in [0.25, 0.3) is 0 Å². The van der Waals surface area contributed by atoms with E-state index in [9.17, 15) is 14.7 Å². The maximum absolute atomic E-state index is 11.7. The van der Waals surface area contributed by atoms with Crippen molar-refractivity contribution in [3.63, 3.8) is 0 Å². The molecule has 1 aromatic carbocycles. The fourth-order valence-electron chi connectivity index (χ4n) is 1.54. The first-order chi connectivity index (χ1) is 10.4. The number of aliphatic hydroxyl groups excluding tert-OH is 1. The Morgan fingerprint density at radius 3 is 2.45 bits per heavy atom. The molecule has 0 aliphatic carbocycles. The zero-order valence-corrected chi connectivity index (χ0v) is 13.0. The molecule has 1 atom stereocenters. The molecule has 0 spiro atoms. The van der Waals surface area contributed by atoms with Gasteiger partial charge in [-0.15, -0.1) is 0 Å². The standard InChI is InChI=1S/C14H21N3O5/c1-15-8-10(18)9-5-6-11(21-13(19)16-2)12(7-9)22-14(20)17(3)4/h5-7,10,15,18H,8H2,1-4H3,(H,16,19). The van der Waals surface area contributed by atoms with Crippen molar-refractivity contribution in [3.05, 3.63) is 23.8 Å². The van der Waals surface area contributed by atoms with E-state index < -0.39 is 18.3 Å². The van der Waals surface area contributed by atoms with Crippen LogP contribution in [0.5, 0.6) is 11.5 Å². The summed E-state index contributed by atoms with van der Waals surface area (Å²) in [6.07, 6.45) is -2.09. The minimum atomic E-state index is -0.782. The number of nitrogens with one attached hydrogen (secondary N) is 2. The molecule has 0 fully saturated rings. The molecular formula is C14H21N3O5. The van der Waals surface area contributed by atoms with Gasteiger partial charge in [0.2, 0.25) is 0 Å². The van der Waals surface area contributed by atoms with Crippen LogP contribution in [0.25, 0.3) is 0 Å². The van der Waals surface area contributed by atoms with E-state index in [1.807, 2.05) is 0 Å². The van der Waals surface area contributed by atoms with Crippen molar-refractivity contribution >= 4 is 12.2 Å². The van der Waals surface area contributed by atoms with Crippen molar-refractivity contribution in [3.8, 4) is 11.5 Å². The van der Waals surface area contributed by atoms with Crippen molar-refractivity contribution in [2.45, 2.75) is 6.10 Å². The molecular weight excluding hydrogens is 290 g/mol. The molecule has 0 saturated heterocycles. The zero-order chi connectivity index (χ0) is 16.7. The number of aliphatic hydroxyl groups is 1. The van der Waals surface area contributed by atoms with Gasteiger partial charge in [0.05, 0.1) is 6.10 Å². The number of rotatable bonds is 5. The summed E-state index contributed by atoms with van der Waals surface area (Å²) in [5.41, 5.74) is 0.528. The van der Waals surface area contributed by atoms with Gasteiger partial charge >= 0.3 is 12.2 Å². The number of hydrogen-bond donors (Lipinski definition) is 3. The Balaban J connectivity index is 3.09. The first kappa shape index (κ1) is 17.7. The molecule has 1 unspecified atom stereocenters. The third kappa shape index (κ3) is 4.90. The fourth-order valence-corrected chi connectivity index (χ4v) is 1.54. The van der Waals surface area contributed by atoms with Crippen LogP contribution in [-0.2, 0) is 0 Å². The van der Waals surface area contributed by atoms with Gasteiger partial charge in [-0.25, -0.2) is 9.59 Å². The van der Waals surface area contributed by atoms with Crippen LogP contribution < -0.4 is 20.1 Å². The highest BCUT2D eigenvalue weighted by Crippen LogP contribution is 2.31. The molecule has 1 rings (SSSR count). The third-order valence-electron chi connectivity index (χ3n) is 2.72. The maximum atomic E-state index is 11.7. The first-order valence-corrected chi connectivity index (χ1v) is 6.64. The van der Waals surface area contributed by atoms with Gasteiger partial charge in [-0.05, 0) is 24.7 Å². The van der Waals surface area contributed by atoms with Gasteiger partial charge < -0.3 is 30.1 Å². The summed E-state index contributed by atoms with van der Waals surface area (Å²) in [4.78, 5) is 24.3. The number of carbonyl (C=O) groups excluding carboxylic acids is 2. The topological polar surface area (TPSA) is 100 Å². The van der Waals surface area contributed by atoms with E-state index in [2.05, 4.69) is 10.6 Å². The molecule has 0 aromatic heterocycles. The van der Waals surface area contributed by atoms with Crippen LogP contribution in [0.1, 0.15) is 11.7 Å². The second-order valence-corrected chi connectivity index (χ2v) is 4.68. The Kier molecular flexibility index (Phi) is 6.61. The summed E-state index contributed by atoms with van der Waals surface area (Å²) in [6.45, 7) is 0.330. The van der Waals surface area contributed by atoms with Crippen molar-refractivity contribution in [1.82, 2.24) is 15.5 Å². The average Bonchev–Trinajstić information content (AvgIpc) is 2.48. The highest BCUT2D eigenvalue weighted by Gasteiger charge is 2.17. The van der Waals surface area contributed by atoms with E-state index in [-0.39, 0.29) is 11.5 Å². The highest BCUT2D eigenvalue weighted by atomic mass is 16.6. The molecule has 0 radical (unpaired) electrons. The minimum absolute atomic E-state index is 0.0509. The quantitative estimate of drug-likeness (QED) is 0.741. The predicted molar refractivity (Wildman–Crippen MR) is 80.1 cm³/mol. The Bertz CT molecular complexity index is 533. The fraction of sp³-hybridized carbons (Fsp3) is 0.429. The summed E-state index contributed by atoms with van der Waals surface area (Å²) in [6, 6.07) is 4.51. The van der Waals surface area contributed by atoms with Crippen LogP contribution in [0.2, 0.25) is 0 Å². The molecule has 8 nitrogen and oxygen atoms in total. The van der Waals surface area contributed by atoms with Crippen LogP contribution in [0.4, 0.5) is 9.59 Å². The molecule has 0 aliphatic heterocycles. The second kappa shape index (κ2) is 8.20. The Hall–Kier alpha value is -2.32. The summed E-state index contributed by atoms with van der Waals surface area (Å²) < 4.78 is 10.2. The molecule has 0 bridgehead atoms. The molecule has 8 heteroatoms. The number of hydrogen-bond acceptors (Lipinski definition) is 6. The largest absolute Gasteiger partial charge is 0.414 e. The van der Waals surface area contributed by atoms with Crippen LogP contribution >= 0.6 is 0 Å². The summed E-state index contributed by atoms with van der Waals surface area (Å²) in [5, 5.41) is 15.1. The molecule has 2 amide bonds. The van der Waals surface area contributed by atoms with E-state index in [4.69, 9.17) is 9.47 Å². The van der Waals surface area contributed by atoms with Crippen LogP contribution in [0.15, 0.2) is 18.2 Å². The van der Waals surface area contributed by atoms with Gasteiger partial charge in [0, 0.05) is 27.7 Å². The van der Waals surface area contributed by atoms with Gasteiger partial charge in [-0.2, -0.15) is 0 Å². The lowest BCUT2D eigenvalue weighted by molar-refractivity contribution is 0.166. The molecule has 0 saturated carbocycles. The number of ether oxygens (including phenoxy) is 2. The molecule has 3 N–H and O–H groups in total. The van der Waals surface area contributed by atoms with E-state index in [0.29, 0.717) is 12.1 Å². The number of likely N-dealkylation sites (N-methyl/N-ethyl adjacent to an activating group) is 1. The number of benzene rings is 1. The van der Waals surface area contributed by atoms with Gasteiger partial charge in [0.15, 0.2) is 11.5 Å². The first-order valence-electron chi connectivity index (χ1n) is 6.64. The number of amides is 2. The zero-order valence-electron chi connectivity index (χ0n) is 13.0. The molecule has 1 aromatic rings. The normalized spacial score (nSPS) is 11.5. The molecule has 22 heavy (non-hydrogen) atoms. The molecule has 122 valence electrons. The van der Waals surface area contributed by atoms with Crippen molar-refractivity contribution in [2.24, 2.45) is 0 Å². The monoisotopic (exact) mass is 311 g/mol. The van der Waals surface area contributed by atoms with Crippen molar-refractivity contribution in [2.75, 3.05) is 34.7 Å². The lowest BCUT2D eigenvalue weighted by Gasteiger charge is -2.16. The second-order valence-electron chi connectivity index (χ2n) is 4.68. The van der Waals surface area contributed by atoms with E-state index >= 15 is 0 Å². The van der Waals surface area contributed by atoms with E-state index in [0.717, 1.165) is 0 Å². The lowest BCUT2D eigenvalue weighted by atomic mass is 10.1. The summed E-state index contributed by atoms with van der Waals surface area (Å²) in [5.74, 6) is 0.130. The number of nitrogens with zero attached hydrogens (tertiary/aromatic N) is 1. The number of carbonyl (C=O) groups is 2. The van der Waals surface area contributed by atoms with Gasteiger partial charge in [-0.1, -0.05) is 6.07 Å². The van der Waals surface area contributed by atoms with Crippen LogP contribution in [0, 0.1) is 0 Å². The van der Waals surface area contributed by atoms with Crippen LogP contribution in [-0.4, -0.2) is 56.9 Å². The molecule has 0 aliphatic rings. The third-order valence-corrected chi connectivity index (χ3v) is 2.72. The Morgan fingerprint density at radius 1 is 1.23 bits per heavy atom. The molecule has 0 heterocycles. The van der Waals surface area contributed by atoms with Crippen LogP contribution in [0.3, 0.4) is 0 Å². The maximum Gasteiger partial charge on any atom is 0.414 e. The summed E-state index contributed by atoms with van der Waals surface area (Å²) in [7, 11) is 6.18. The van der Waals surface area contributed by atoms with Gasteiger partial charge in [0.1, 0.15) is 0 Å². The van der Waals surface area contributed by atoms with Gasteiger partial charge in [-0.3, -0.25) is 0 Å². The van der Waals surface area contributed by atoms with E-state index in [1.165, 1.54) is 38.2 Å². The van der Waals surface area contributed by atoms with Crippen molar-refractivity contribution in [1.29, 1.82) is 0 Å². The predicted octanol–water partition coefficient (Wildman–Crippen LogP) is 0.718. The lowest BCUT2D eigenvalue weighted by Crippen LogP contribution is -2.26. The SMILES string of the molecule is CNCC(O)c1ccc(OC(=O)NC)c(OC(=O)N(C)C)c1. The average molecular weight is 311 g/mol. The smallest absolute Gasteiger partial charge is 0.406 e. The Labute approximate surface area is 129 Å². The summed E-state index contributed by atoms with van der Waals surface area (Å²) >= 11 is 0. The Morgan fingerprint density at radius 2 is 1.91 bits per heavy atom. The minimum Gasteiger partial charge on any atom is -0.406 e. The van der Waals surface area contributed by atoms with E-state index in [1.54, 1.807) is 13.1 Å². The van der Waals surface area contributed by atoms with Crippen molar-refractivity contribution < 1.29 is 24.2 Å². The highest BCUT2D eigenvalue weighted by molar-refractivity contribution is 5.74.